The van der Waals surface area contributed by atoms with Crippen LogP contribution in [0.1, 0.15) is 51.2 Å². The lowest BCUT2D eigenvalue weighted by Crippen LogP contribution is -2.51. The van der Waals surface area contributed by atoms with Crippen molar-refractivity contribution in [3.8, 4) is 0 Å². The van der Waals surface area contributed by atoms with E-state index in [1.165, 1.54) is 11.1 Å². The molecule has 0 bridgehead atoms. The molecule has 0 heterocycles. The fraction of sp³-hybridized carbons (Fsp3) is 0.462. The molecule has 2 rings (SSSR count). The van der Waals surface area contributed by atoms with Crippen LogP contribution < -0.4 is 5.32 Å². The Hall–Kier alpha value is -2.27. The first-order valence-electron chi connectivity index (χ1n) is 11.3. The average Bonchev–Trinajstić information content (AvgIpc) is 2.78. The van der Waals surface area contributed by atoms with Crippen LogP contribution in [0.2, 0.25) is 0 Å². The first-order valence-corrected chi connectivity index (χ1v) is 12.3. The van der Waals surface area contributed by atoms with Gasteiger partial charge in [0.15, 0.2) is 0 Å². The first kappa shape index (κ1) is 25.0. The molecular formula is C26H36N2O2S. The second-order valence-corrected chi connectivity index (χ2v) is 9.14. The molecule has 0 aromatic heterocycles. The fourth-order valence-electron chi connectivity index (χ4n) is 3.37. The smallest absolute Gasteiger partial charge is 0.243 e. The molecule has 2 amide bonds. The van der Waals surface area contributed by atoms with Crippen molar-refractivity contribution in [1.82, 2.24) is 10.2 Å². The highest BCUT2D eigenvalue weighted by atomic mass is 32.2. The number of amides is 2. The first-order chi connectivity index (χ1) is 14.9. The minimum atomic E-state index is -0.436. The number of thioether (sulfide) groups is 1. The van der Waals surface area contributed by atoms with Gasteiger partial charge in [-0.05, 0) is 50.8 Å². The monoisotopic (exact) mass is 440 g/mol. The van der Waals surface area contributed by atoms with Crippen LogP contribution in [-0.4, -0.2) is 41.1 Å². The van der Waals surface area contributed by atoms with Crippen LogP contribution in [0.25, 0.3) is 0 Å². The van der Waals surface area contributed by atoms with E-state index in [0.717, 1.165) is 17.7 Å². The zero-order valence-corrected chi connectivity index (χ0v) is 20.1. The SMILES string of the molecule is CC[C@@H](C)NC(=O)[C@H](CC)N(CCc1ccccc1)C(=O)CCSc1ccc(C)cc1. The van der Waals surface area contributed by atoms with Gasteiger partial charge in [0.05, 0.1) is 0 Å². The normalized spacial score (nSPS) is 12.8. The minimum Gasteiger partial charge on any atom is -0.352 e. The average molecular weight is 441 g/mol. The lowest BCUT2D eigenvalue weighted by atomic mass is 10.1. The van der Waals surface area contributed by atoms with E-state index >= 15 is 0 Å². The van der Waals surface area contributed by atoms with Crippen LogP contribution in [0.15, 0.2) is 59.5 Å². The van der Waals surface area contributed by atoms with Gasteiger partial charge in [-0.1, -0.05) is 61.9 Å². The molecule has 2 atom stereocenters. The predicted octanol–water partition coefficient (Wildman–Crippen LogP) is 5.24. The lowest BCUT2D eigenvalue weighted by molar-refractivity contribution is -0.140. The maximum Gasteiger partial charge on any atom is 0.243 e. The second-order valence-electron chi connectivity index (χ2n) is 7.98. The van der Waals surface area contributed by atoms with Gasteiger partial charge < -0.3 is 10.2 Å². The van der Waals surface area contributed by atoms with E-state index in [-0.39, 0.29) is 17.9 Å². The molecule has 0 unspecified atom stereocenters. The third kappa shape index (κ3) is 8.41. The van der Waals surface area contributed by atoms with Gasteiger partial charge in [-0.3, -0.25) is 9.59 Å². The molecule has 5 heteroatoms. The second kappa shape index (κ2) is 13.2. The zero-order valence-electron chi connectivity index (χ0n) is 19.3. The van der Waals surface area contributed by atoms with Gasteiger partial charge in [0.25, 0.3) is 0 Å². The quantitative estimate of drug-likeness (QED) is 0.459. The molecule has 0 saturated carbocycles. The van der Waals surface area contributed by atoms with Crippen molar-refractivity contribution in [1.29, 1.82) is 0 Å². The van der Waals surface area contributed by atoms with E-state index in [9.17, 15) is 9.59 Å². The van der Waals surface area contributed by atoms with Crippen molar-refractivity contribution in [2.24, 2.45) is 0 Å². The Morgan fingerprint density at radius 1 is 1.00 bits per heavy atom. The Bertz CT molecular complexity index is 808. The molecule has 0 fully saturated rings. The topological polar surface area (TPSA) is 49.4 Å². The van der Waals surface area contributed by atoms with Crippen molar-refractivity contribution in [2.75, 3.05) is 12.3 Å². The van der Waals surface area contributed by atoms with E-state index in [0.29, 0.717) is 25.1 Å². The van der Waals surface area contributed by atoms with Crippen molar-refractivity contribution in [3.05, 3.63) is 65.7 Å². The predicted molar refractivity (Wildman–Crippen MR) is 130 cm³/mol. The van der Waals surface area contributed by atoms with Crippen LogP contribution >= 0.6 is 11.8 Å². The van der Waals surface area contributed by atoms with Gasteiger partial charge in [0, 0.05) is 29.7 Å². The molecule has 4 nitrogen and oxygen atoms in total. The van der Waals surface area contributed by atoms with E-state index < -0.39 is 6.04 Å². The van der Waals surface area contributed by atoms with E-state index in [2.05, 4.69) is 48.6 Å². The van der Waals surface area contributed by atoms with Crippen molar-refractivity contribution < 1.29 is 9.59 Å². The fourth-order valence-corrected chi connectivity index (χ4v) is 4.21. The Morgan fingerprint density at radius 3 is 2.29 bits per heavy atom. The highest BCUT2D eigenvalue weighted by molar-refractivity contribution is 7.99. The number of carbonyl (C=O) groups is 2. The maximum atomic E-state index is 13.2. The summed E-state index contributed by atoms with van der Waals surface area (Å²) in [4.78, 5) is 29.1. The van der Waals surface area contributed by atoms with E-state index in [4.69, 9.17) is 0 Å². The molecule has 31 heavy (non-hydrogen) atoms. The van der Waals surface area contributed by atoms with E-state index in [1.807, 2.05) is 39.0 Å². The number of benzene rings is 2. The molecule has 168 valence electrons. The number of hydrogen-bond donors (Lipinski definition) is 1. The molecule has 0 spiro atoms. The number of rotatable bonds is 12. The molecule has 0 aliphatic carbocycles. The van der Waals surface area contributed by atoms with Crippen LogP contribution in [0.3, 0.4) is 0 Å². The summed E-state index contributed by atoms with van der Waals surface area (Å²) in [6, 6.07) is 18.2. The molecule has 0 aliphatic heterocycles. The standard InChI is InChI=1S/C26H36N2O2S/c1-5-21(4)27-26(30)24(6-2)28(18-16-22-10-8-7-9-11-22)25(29)17-19-31-23-14-12-20(3)13-15-23/h7-15,21,24H,5-6,16-19H2,1-4H3,(H,27,30)/t21-,24+/m1/s1. The molecule has 0 aliphatic rings. The molecule has 2 aromatic carbocycles. The Balaban J connectivity index is 2.05. The van der Waals surface area contributed by atoms with Crippen LogP contribution in [0, 0.1) is 6.92 Å². The van der Waals surface area contributed by atoms with Gasteiger partial charge >= 0.3 is 0 Å². The van der Waals surface area contributed by atoms with Crippen LogP contribution in [0.5, 0.6) is 0 Å². The number of nitrogens with zero attached hydrogens (tertiary/aromatic N) is 1. The number of nitrogens with one attached hydrogen (secondary N) is 1. The van der Waals surface area contributed by atoms with E-state index in [1.54, 1.807) is 16.7 Å². The summed E-state index contributed by atoms with van der Waals surface area (Å²) in [5.41, 5.74) is 2.40. The summed E-state index contributed by atoms with van der Waals surface area (Å²) in [7, 11) is 0. The van der Waals surface area contributed by atoms with Crippen molar-refractivity contribution in [2.45, 2.75) is 70.4 Å². The summed E-state index contributed by atoms with van der Waals surface area (Å²) in [5, 5.41) is 3.06. The highest BCUT2D eigenvalue weighted by Gasteiger charge is 2.28. The number of hydrogen-bond acceptors (Lipinski definition) is 3. The summed E-state index contributed by atoms with van der Waals surface area (Å²) >= 11 is 1.68. The maximum absolute atomic E-state index is 13.2. The van der Waals surface area contributed by atoms with Crippen LogP contribution in [0.4, 0.5) is 0 Å². The van der Waals surface area contributed by atoms with Gasteiger partial charge in [0.2, 0.25) is 11.8 Å². The number of aryl methyl sites for hydroxylation is 1. The minimum absolute atomic E-state index is 0.0432. The summed E-state index contributed by atoms with van der Waals surface area (Å²) in [5.74, 6) is 0.693. The van der Waals surface area contributed by atoms with Crippen LogP contribution in [-0.2, 0) is 16.0 Å². The lowest BCUT2D eigenvalue weighted by Gasteiger charge is -2.31. The third-order valence-electron chi connectivity index (χ3n) is 5.48. The molecule has 2 aromatic rings. The largest absolute Gasteiger partial charge is 0.352 e. The van der Waals surface area contributed by atoms with Crippen molar-refractivity contribution in [3.63, 3.8) is 0 Å². The van der Waals surface area contributed by atoms with Gasteiger partial charge in [-0.2, -0.15) is 0 Å². The summed E-state index contributed by atoms with van der Waals surface area (Å²) in [6.45, 7) is 8.64. The summed E-state index contributed by atoms with van der Waals surface area (Å²) < 4.78 is 0. The Morgan fingerprint density at radius 2 is 1.68 bits per heavy atom. The molecule has 0 saturated heterocycles. The third-order valence-corrected chi connectivity index (χ3v) is 6.49. The Kier molecular flexibility index (Phi) is 10.6. The van der Waals surface area contributed by atoms with Crippen molar-refractivity contribution >= 4 is 23.6 Å². The number of carbonyl (C=O) groups excluding carboxylic acids is 2. The summed E-state index contributed by atoms with van der Waals surface area (Å²) in [6.07, 6.45) is 2.63. The zero-order chi connectivity index (χ0) is 22.6. The van der Waals surface area contributed by atoms with Gasteiger partial charge in [-0.25, -0.2) is 0 Å². The van der Waals surface area contributed by atoms with Gasteiger partial charge in [0.1, 0.15) is 6.04 Å². The highest BCUT2D eigenvalue weighted by Crippen LogP contribution is 2.20. The van der Waals surface area contributed by atoms with Gasteiger partial charge in [-0.15, -0.1) is 11.8 Å². The Labute approximate surface area is 191 Å². The molecule has 1 N–H and O–H groups in total. The molecule has 0 radical (unpaired) electrons. The molecular weight excluding hydrogens is 404 g/mol.